The first-order valence-corrected chi connectivity index (χ1v) is 43.1. The lowest BCUT2D eigenvalue weighted by atomic mass is 10.0. The van der Waals surface area contributed by atoms with Crippen LogP contribution in [0.5, 0.6) is 0 Å². The molecule has 0 aliphatic rings. The topological polar surface area (TPSA) is 108 Å². The Kier molecular flexibility index (Phi) is 77.8. The molecular formula is C90H166NO8+. The maximum absolute atomic E-state index is 13.0. The van der Waals surface area contributed by atoms with Gasteiger partial charge in [-0.2, -0.15) is 0 Å². The minimum Gasteiger partial charge on any atom is -0.477 e. The summed E-state index contributed by atoms with van der Waals surface area (Å²) < 4.78 is 23.1. The molecule has 0 aliphatic heterocycles. The predicted octanol–water partition coefficient (Wildman–Crippen LogP) is 27.9. The number of nitrogens with zero attached hydrogens (tertiary/aromatic N) is 1. The SMILES string of the molecule is CC/C=C\C/C=C\C/C=C\C/C=C\CCCCCCCCCCCCCCCCCCCCCCCCCCCCCCC(=O)OC(COC(=O)CCCCCCCCCCCCCCCCCCCCCCC/C=C\C/C=C\CCCCCCC)COC(OCC[N+](C)(C)C)C(=O)O. The number of carbonyl (C=O) groups is 3. The number of quaternary nitrogens is 1. The Balaban J connectivity index is 3.92. The number of allylic oxidation sites excluding steroid dienone is 12. The third kappa shape index (κ3) is 81.9. The average Bonchev–Trinajstić information content (AvgIpc) is 2.62. The third-order valence-corrected chi connectivity index (χ3v) is 19.4. The molecule has 0 fully saturated rings. The first-order chi connectivity index (χ1) is 48.6. The van der Waals surface area contributed by atoms with E-state index in [2.05, 4.69) is 86.8 Å². The molecular weight excluding hydrogens is 1220 g/mol. The van der Waals surface area contributed by atoms with Crippen molar-refractivity contribution in [2.75, 3.05) is 47.5 Å². The van der Waals surface area contributed by atoms with Gasteiger partial charge < -0.3 is 28.5 Å². The molecule has 2 unspecified atom stereocenters. The Bertz CT molecular complexity index is 1860. The van der Waals surface area contributed by atoms with Gasteiger partial charge in [-0.15, -0.1) is 0 Å². The molecule has 0 aromatic rings. The Morgan fingerprint density at radius 2 is 0.576 bits per heavy atom. The Morgan fingerprint density at radius 3 is 0.859 bits per heavy atom. The molecule has 0 bridgehead atoms. The van der Waals surface area contributed by atoms with Crippen molar-refractivity contribution in [1.29, 1.82) is 0 Å². The van der Waals surface area contributed by atoms with Crippen molar-refractivity contribution < 1.29 is 42.9 Å². The van der Waals surface area contributed by atoms with E-state index in [0.717, 1.165) is 70.6 Å². The lowest BCUT2D eigenvalue weighted by Crippen LogP contribution is -2.40. The normalized spacial score (nSPS) is 12.9. The molecule has 0 radical (unpaired) electrons. The van der Waals surface area contributed by atoms with Gasteiger partial charge in [-0.3, -0.25) is 9.59 Å². The van der Waals surface area contributed by atoms with Crippen molar-refractivity contribution in [3.8, 4) is 0 Å². The first-order valence-electron chi connectivity index (χ1n) is 43.1. The number of hydrogen-bond acceptors (Lipinski definition) is 7. The van der Waals surface area contributed by atoms with Crippen LogP contribution in [0.1, 0.15) is 425 Å². The van der Waals surface area contributed by atoms with Crippen LogP contribution in [0.15, 0.2) is 72.9 Å². The number of aliphatic carboxylic acids is 1. The standard InChI is InChI=1S/C90H165NO8/c1-6-8-10-12-14-16-18-20-22-24-26-28-30-32-34-36-38-40-41-42-43-44-45-46-47-49-51-53-55-57-59-61-63-65-67-69-71-73-75-77-79-81-88(93)99-86(85-98-90(89(94)95)96-83-82-91(3,4)5)84-97-87(92)80-78-76-74-72-70-68-66-64-62-60-58-56-54-52-50-48-39-37-35-33-31-29-27-25-23-21-19-17-15-13-11-9-7-2/h8,10,14,16,19-22,25-28,86,90H,6-7,9,11-13,15,17-18,23-24,29-85H2,1-5H3/p+1/b10-8-,16-14-,21-19-,22-20-,27-25-,28-26-. The summed E-state index contributed by atoms with van der Waals surface area (Å²) in [5, 5.41) is 9.79. The minimum absolute atomic E-state index is 0.176. The van der Waals surface area contributed by atoms with Crippen molar-refractivity contribution in [2.45, 2.75) is 437 Å². The number of likely N-dealkylation sites (N-methyl/N-ethyl adjacent to an activating group) is 1. The highest BCUT2D eigenvalue weighted by Gasteiger charge is 2.25. The lowest BCUT2D eigenvalue weighted by Gasteiger charge is -2.25. The summed E-state index contributed by atoms with van der Waals surface area (Å²) in [5.74, 6) is -1.97. The molecule has 578 valence electrons. The Hall–Kier alpha value is -3.27. The highest BCUT2D eigenvalue weighted by molar-refractivity contribution is 5.71. The number of carboxylic acids is 1. The summed E-state index contributed by atoms with van der Waals surface area (Å²) in [6.07, 6.45) is 107. The fourth-order valence-electron chi connectivity index (χ4n) is 12.9. The van der Waals surface area contributed by atoms with Crippen molar-refractivity contribution in [3.63, 3.8) is 0 Å². The van der Waals surface area contributed by atoms with Gasteiger partial charge in [0.05, 0.1) is 34.4 Å². The van der Waals surface area contributed by atoms with Crippen LogP contribution < -0.4 is 0 Å². The number of unbranched alkanes of at least 4 members (excludes halogenated alkanes) is 54. The van der Waals surface area contributed by atoms with E-state index in [1.165, 1.54) is 327 Å². The van der Waals surface area contributed by atoms with Gasteiger partial charge in [0.1, 0.15) is 13.2 Å². The molecule has 0 aliphatic carbocycles. The Morgan fingerprint density at radius 1 is 0.313 bits per heavy atom. The molecule has 0 amide bonds. The molecule has 0 saturated heterocycles. The molecule has 0 heterocycles. The quantitative estimate of drug-likeness (QED) is 0.0211. The monoisotopic (exact) mass is 1390 g/mol. The number of rotatable bonds is 81. The van der Waals surface area contributed by atoms with Crippen LogP contribution in [0.2, 0.25) is 0 Å². The summed E-state index contributed by atoms with van der Waals surface area (Å²) in [4.78, 5) is 37.8. The van der Waals surface area contributed by atoms with E-state index in [1.54, 1.807) is 0 Å². The van der Waals surface area contributed by atoms with Gasteiger partial charge in [0.25, 0.3) is 6.29 Å². The van der Waals surface area contributed by atoms with Crippen LogP contribution >= 0.6 is 0 Å². The van der Waals surface area contributed by atoms with Crippen LogP contribution in [0.3, 0.4) is 0 Å². The molecule has 0 aromatic carbocycles. The van der Waals surface area contributed by atoms with E-state index < -0.39 is 18.4 Å². The summed E-state index contributed by atoms with van der Waals surface area (Å²) in [6, 6.07) is 0. The zero-order valence-electron chi connectivity index (χ0n) is 66.4. The highest BCUT2D eigenvalue weighted by Crippen LogP contribution is 2.20. The van der Waals surface area contributed by atoms with E-state index in [0.29, 0.717) is 17.4 Å². The maximum Gasteiger partial charge on any atom is 0.361 e. The minimum atomic E-state index is -1.51. The molecule has 0 rings (SSSR count). The van der Waals surface area contributed by atoms with Gasteiger partial charge in [0.2, 0.25) is 0 Å². The van der Waals surface area contributed by atoms with Gasteiger partial charge in [0, 0.05) is 12.8 Å². The number of carbonyl (C=O) groups excluding carboxylic acids is 2. The molecule has 9 nitrogen and oxygen atoms in total. The second-order valence-electron chi connectivity index (χ2n) is 30.5. The largest absolute Gasteiger partial charge is 0.477 e. The summed E-state index contributed by atoms with van der Waals surface area (Å²) in [6.45, 7) is 4.83. The van der Waals surface area contributed by atoms with Gasteiger partial charge in [-0.25, -0.2) is 4.79 Å². The fraction of sp³-hybridized carbons (Fsp3) is 0.833. The second kappa shape index (κ2) is 80.4. The molecule has 2 atom stereocenters. The highest BCUT2D eigenvalue weighted by atomic mass is 16.7. The summed E-state index contributed by atoms with van der Waals surface area (Å²) in [7, 11) is 6.00. The third-order valence-electron chi connectivity index (χ3n) is 19.4. The van der Waals surface area contributed by atoms with Crippen LogP contribution in [-0.4, -0.2) is 87.4 Å². The molecule has 0 saturated carbocycles. The van der Waals surface area contributed by atoms with Crippen molar-refractivity contribution in [2.24, 2.45) is 0 Å². The number of ether oxygens (including phenoxy) is 4. The lowest BCUT2D eigenvalue weighted by molar-refractivity contribution is -0.870. The van der Waals surface area contributed by atoms with Gasteiger partial charge >= 0.3 is 17.9 Å². The first kappa shape index (κ1) is 95.7. The van der Waals surface area contributed by atoms with E-state index in [9.17, 15) is 19.5 Å². The van der Waals surface area contributed by atoms with Crippen molar-refractivity contribution in [3.05, 3.63) is 72.9 Å². The number of carboxylic acid groups (broad SMARTS) is 1. The number of hydrogen-bond donors (Lipinski definition) is 1. The zero-order valence-corrected chi connectivity index (χ0v) is 66.4. The maximum atomic E-state index is 13.0. The average molecular weight is 1390 g/mol. The smallest absolute Gasteiger partial charge is 0.361 e. The van der Waals surface area contributed by atoms with Crippen molar-refractivity contribution in [1.82, 2.24) is 0 Å². The molecule has 99 heavy (non-hydrogen) atoms. The van der Waals surface area contributed by atoms with Gasteiger partial charge in [0.15, 0.2) is 6.10 Å². The van der Waals surface area contributed by atoms with Gasteiger partial charge in [-0.1, -0.05) is 401 Å². The molecule has 9 heteroatoms. The van der Waals surface area contributed by atoms with E-state index in [4.69, 9.17) is 18.9 Å². The summed E-state index contributed by atoms with van der Waals surface area (Å²) >= 11 is 0. The van der Waals surface area contributed by atoms with Crippen LogP contribution in [-0.2, 0) is 33.3 Å². The second-order valence-corrected chi connectivity index (χ2v) is 30.5. The van der Waals surface area contributed by atoms with Gasteiger partial charge in [-0.05, 0) is 83.5 Å². The predicted molar refractivity (Wildman–Crippen MR) is 429 cm³/mol. The molecule has 1 N–H and O–H groups in total. The zero-order chi connectivity index (χ0) is 71.8. The van der Waals surface area contributed by atoms with E-state index in [-0.39, 0.29) is 38.2 Å². The van der Waals surface area contributed by atoms with E-state index in [1.807, 2.05) is 21.1 Å². The van der Waals surface area contributed by atoms with Crippen LogP contribution in [0.4, 0.5) is 0 Å². The fourth-order valence-corrected chi connectivity index (χ4v) is 12.9. The number of esters is 2. The molecule has 0 aromatic heterocycles. The van der Waals surface area contributed by atoms with Crippen LogP contribution in [0.25, 0.3) is 0 Å². The van der Waals surface area contributed by atoms with Crippen LogP contribution in [0, 0.1) is 0 Å². The van der Waals surface area contributed by atoms with Crippen molar-refractivity contribution >= 4 is 17.9 Å². The molecule has 0 spiro atoms. The van der Waals surface area contributed by atoms with E-state index >= 15 is 0 Å². The summed E-state index contributed by atoms with van der Waals surface area (Å²) in [5.41, 5.74) is 0. The Labute approximate surface area is 615 Å².